The van der Waals surface area contributed by atoms with E-state index in [9.17, 15) is 10.1 Å². The lowest BCUT2D eigenvalue weighted by Gasteiger charge is -2.26. The first-order valence-electron chi connectivity index (χ1n) is 8.89. The van der Waals surface area contributed by atoms with Gasteiger partial charge in [-0.1, -0.05) is 57.0 Å². The predicted molar refractivity (Wildman–Crippen MR) is 97.3 cm³/mol. The summed E-state index contributed by atoms with van der Waals surface area (Å²) in [5.41, 5.74) is 0.557. The summed E-state index contributed by atoms with van der Waals surface area (Å²) in [6.07, 6.45) is 3.29. The van der Waals surface area contributed by atoms with Crippen LogP contribution in [0.4, 0.5) is 0 Å². The van der Waals surface area contributed by atoms with E-state index in [1.807, 2.05) is 51.1 Å². The second-order valence-corrected chi connectivity index (χ2v) is 7.89. The van der Waals surface area contributed by atoms with Crippen LogP contribution in [0.15, 0.2) is 30.3 Å². The molecule has 132 valence electrons. The molecule has 24 heavy (non-hydrogen) atoms. The van der Waals surface area contributed by atoms with Crippen LogP contribution in [-0.2, 0) is 16.0 Å². The van der Waals surface area contributed by atoms with E-state index in [0.717, 1.165) is 18.4 Å². The Morgan fingerprint density at radius 1 is 1.17 bits per heavy atom. The zero-order valence-corrected chi connectivity index (χ0v) is 15.7. The number of ether oxygens (including phenoxy) is 1. The largest absolute Gasteiger partial charge is 0.460 e. The molecule has 0 fully saturated rings. The van der Waals surface area contributed by atoms with E-state index in [1.54, 1.807) is 0 Å². The molecule has 0 saturated carbocycles. The Kier molecular flexibility index (Phi) is 7.98. The quantitative estimate of drug-likeness (QED) is 0.619. The van der Waals surface area contributed by atoms with Crippen LogP contribution in [0.2, 0.25) is 0 Å². The van der Waals surface area contributed by atoms with Crippen molar-refractivity contribution in [1.29, 1.82) is 5.26 Å². The van der Waals surface area contributed by atoms with E-state index < -0.39 is 5.60 Å². The fourth-order valence-electron chi connectivity index (χ4n) is 2.75. The van der Waals surface area contributed by atoms with E-state index in [1.165, 1.54) is 0 Å². The topological polar surface area (TPSA) is 50.1 Å². The number of nitrogens with zero attached hydrogens (tertiary/aromatic N) is 1. The minimum atomic E-state index is -0.528. The predicted octanol–water partition coefficient (Wildman–Crippen LogP) is 5.15. The zero-order chi connectivity index (χ0) is 18.2. The summed E-state index contributed by atoms with van der Waals surface area (Å²) >= 11 is 0. The monoisotopic (exact) mass is 329 g/mol. The van der Waals surface area contributed by atoms with Crippen molar-refractivity contribution < 1.29 is 9.53 Å². The summed E-state index contributed by atoms with van der Waals surface area (Å²) in [7, 11) is 0. The van der Waals surface area contributed by atoms with Gasteiger partial charge in [-0.2, -0.15) is 5.26 Å². The maximum atomic E-state index is 12.7. The Morgan fingerprint density at radius 3 is 2.29 bits per heavy atom. The van der Waals surface area contributed by atoms with Gasteiger partial charge >= 0.3 is 5.97 Å². The molecule has 0 aliphatic heterocycles. The van der Waals surface area contributed by atoms with Crippen molar-refractivity contribution >= 4 is 5.97 Å². The minimum Gasteiger partial charge on any atom is -0.460 e. The van der Waals surface area contributed by atoms with Crippen molar-refractivity contribution in [2.45, 2.75) is 65.9 Å². The summed E-state index contributed by atoms with van der Waals surface area (Å²) in [5.74, 6) is -0.365. The fourth-order valence-corrected chi connectivity index (χ4v) is 2.75. The van der Waals surface area contributed by atoms with Crippen molar-refractivity contribution in [1.82, 2.24) is 0 Å². The van der Waals surface area contributed by atoms with Crippen molar-refractivity contribution in [2.75, 3.05) is 0 Å². The van der Waals surface area contributed by atoms with Crippen LogP contribution in [-0.4, -0.2) is 11.6 Å². The van der Waals surface area contributed by atoms with E-state index in [4.69, 9.17) is 4.74 Å². The molecule has 0 spiro atoms. The third-order valence-electron chi connectivity index (χ3n) is 3.96. The van der Waals surface area contributed by atoms with Gasteiger partial charge in [-0.05, 0) is 45.1 Å². The van der Waals surface area contributed by atoms with Crippen molar-refractivity contribution in [3.63, 3.8) is 0 Å². The van der Waals surface area contributed by atoms with Gasteiger partial charge in [0, 0.05) is 0 Å². The summed E-state index contributed by atoms with van der Waals surface area (Å²) < 4.78 is 5.59. The van der Waals surface area contributed by atoms with Crippen LogP contribution in [0.1, 0.15) is 59.4 Å². The molecule has 1 aromatic rings. The zero-order valence-electron chi connectivity index (χ0n) is 15.7. The lowest BCUT2D eigenvalue weighted by Crippen LogP contribution is -2.33. The van der Waals surface area contributed by atoms with Gasteiger partial charge < -0.3 is 4.74 Å². The molecule has 0 bridgehead atoms. The third kappa shape index (κ3) is 7.64. The smallest absolute Gasteiger partial charge is 0.310 e. The fraction of sp³-hybridized carbons (Fsp3) is 0.619. The van der Waals surface area contributed by atoms with Crippen LogP contribution in [0.25, 0.3) is 0 Å². The maximum absolute atomic E-state index is 12.7. The highest BCUT2D eigenvalue weighted by Crippen LogP contribution is 2.26. The minimum absolute atomic E-state index is 0.242. The van der Waals surface area contributed by atoms with Gasteiger partial charge in [0.05, 0.1) is 17.9 Å². The van der Waals surface area contributed by atoms with Gasteiger partial charge in [0.25, 0.3) is 0 Å². The summed E-state index contributed by atoms with van der Waals surface area (Å²) in [5, 5.41) is 9.66. The third-order valence-corrected chi connectivity index (χ3v) is 3.96. The maximum Gasteiger partial charge on any atom is 0.310 e. The molecule has 3 nitrogen and oxygen atoms in total. The van der Waals surface area contributed by atoms with Gasteiger partial charge in [0.2, 0.25) is 0 Å². The number of benzene rings is 1. The average molecular weight is 329 g/mol. The Hall–Kier alpha value is -1.82. The number of hydrogen-bond donors (Lipinski definition) is 0. The van der Waals surface area contributed by atoms with Crippen molar-refractivity contribution in [3.8, 4) is 6.07 Å². The first kappa shape index (κ1) is 20.2. The molecule has 1 unspecified atom stereocenters. The number of hydrogen-bond acceptors (Lipinski definition) is 3. The summed E-state index contributed by atoms with van der Waals surface area (Å²) in [6.45, 7) is 9.96. The molecule has 0 N–H and O–H groups in total. The molecule has 0 saturated heterocycles. The molecule has 2 atom stereocenters. The van der Waals surface area contributed by atoms with Gasteiger partial charge in [0.15, 0.2) is 0 Å². The number of carbonyl (C=O) groups excluding carboxylic acids is 1. The molecule has 0 aromatic heterocycles. The molecular weight excluding hydrogens is 298 g/mol. The molecule has 0 aliphatic carbocycles. The van der Waals surface area contributed by atoms with Crippen LogP contribution in [0, 0.1) is 29.1 Å². The van der Waals surface area contributed by atoms with Gasteiger partial charge in [-0.3, -0.25) is 4.79 Å². The molecule has 0 heterocycles. The standard InChI is InChI=1S/C21H31NO2/c1-16(2)10-9-13-19(20(23)24-21(3,4)5)18(15-22)14-17-11-7-6-8-12-17/h6-8,11-12,16,18-19H,9-10,13-14H2,1-5H3/t18-,19?/m1/s1. The van der Waals surface area contributed by atoms with E-state index in [-0.39, 0.29) is 17.8 Å². The molecule has 1 aromatic carbocycles. The Labute approximate surface area is 147 Å². The summed E-state index contributed by atoms with van der Waals surface area (Å²) in [6, 6.07) is 12.2. The Balaban J connectivity index is 2.87. The first-order chi connectivity index (χ1) is 11.2. The Morgan fingerprint density at radius 2 is 1.79 bits per heavy atom. The highest BCUT2D eigenvalue weighted by molar-refractivity contribution is 5.73. The highest BCUT2D eigenvalue weighted by atomic mass is 16.6. The van der Waals surface area contributed by atoms with Gasteiger partial charge in [-0.25, -0.2) is 0 Å². The van der Waals surface area contributed by atoms with E-state index in [0.29, 0.717) is 18.8 Å². The molecule has 3 heteroatoms. The number of carbonyl (C=O) groups is 1. The molecule has 0 amide bonds. The second-order valence-electron chi connectivity index (χ2n) is 7.89. The van der Waals surface area contributed by atoms with Crippen LogP contribution in [0.3, 0.4) is 0 Å². The number of rotatable bonds is 8. The number of nitriles is 1. The van der Waals surface area contributed by atoms with Crippen molar-refractivity contribution in [2.24, 2.45) is 17.8 Å². The second kappa shape index (κ2) is 9.47. The molecular formula is C21H31NO2. The molecule has 0 radical (unpaired) electrons. The number of esters is 1. The first-order valence-corrected chi connectivity index (χ1v) is 8.89. The van der Waals surface area contributed by atoms with Crippen LogP contribution >= 0.6 is 0 Å². The van der Waals surface area contributed by atoms with Gasteiger partial charge in [0.1, 0.15) is 5.60 Å². The Bertz CT molecular complexity index is 537. The van der Waals surface area contributed by atoms with Crippen LogP contribution in [0.5, 0.6) is 0 Å². The van der Waals surface area contributed by atoms with Crippen LogP contribution < -0.4 is 0 Å². The lowest BCUT2D eigenvalue weighted by atomic mass is 9.83. The van der Waals surface area contributed by atoms with E-state index >= 15 is 0 Å². The van der Waals surface area contributed by atoms with Crippen molar-refractivity contribution in [3.05, 3.63) is 35.9 Å². The average Bonchev–Trinajstić information content (AvgIpc) is 2.48. The summed E-state index contributed by atoms with van der Waals surface area (Å²) in [4.78, 5) is 12.7. The molecule has 0 aliphatic rings. The van der Waals surface area contributed by atoms with E-state index in [2.05, 4.69) is 19.9 Å². The lowest BCUT2D eigenvalue weighted by molar-refractivity contribution is -0.161. The normalized spacial score (nSPS) is 14.0. The molecule has 1 rings (SSSR count). The highest BCUT2D eigenvalue weighted by Gasteiger charge is 2.32. The van der Waals surface area contributed by atoms with Gasteiger partial charge in [-0.15, -0.1) is 0 Å². The SMILES string of the molecule is CC(C)CCCC(C(=O)OC(C)(C)C)[C@@H](C#N)Cc1ccccc1.